The summed E-state index contributed by atoms with van der Waals surface area (Å²) >= 11 is 5.66. The molecule has 0 radical (unpaired) electrons. The third kappa shape index (κ3) is 3.75. The first-order valence-electron chi connectivity index (χ1n) is 3.67. The van der Waals surface area contributed by atoms with Crippen LogP contribution in [0.4, 0.5) is 0 Å². The van der Waals surface area contributed by atoms with E-state index in [-0.39, 0.29) is 0 Å². The molecule has 3 heteroatoms. The summed E-state index contributed by atoms with van der Waals surface area (Å²) in [6, 6.07) is 1.24. The quantitative estimate of drug-likeness (QED) is 0.476. The first-order valence-corrected chi connectivity index (χ1v) is 5.36. The van der Waals surface area contributed by atoms with Crippen molar-refractivity contribution in [3.8, 4) is 0 Å². The SMILES string of the molecule is CC(C)N(PCCl)C(C)C. The van der Waals surface area contributed by atoms with E-state index in [2.05, 4.69) is 32.4 Å². The van der Waals surface area contributed by atoms with E-state index in [0.29, 0.717) is 12.1 Å². The predicted octanol–water partition coefficient (Wildman–Crippen LogP) is 2.90. The minimum absolute atomic E-state index is 0.622. The van der Waals surface area contributed by atoms with Crippen molar-refractivity contribution in [1.29, 1.82) is 0 Å². The van der Waals surface area contributed by atoms with Gasteiger partial charge < -0.3 is 0 Å². The number of nitrogens with zero attached hydrogens (tertiary/aromatic N) is 1. The number of alkyl halides is 1. The van der Waals surface area contributed by atoms with Gasteiger partial charge in [0.15, 0.2) is 0 Å². The summed E-state index contributed by atoms with van der Waals surface area (Å²) in [6.07, 6.45) is 0. The number of hydrogen-bond donors (Lipinski definition) is 0. The molecule has 0 aromatic heterocycles. The van der Waals surface area contributed by atoms with Gasteiger partial charge in [-0.2, -0.15) is 0 Å². The second-order valence-corrected chi connectivity index (χ2v) is 4.79. The molecule has 62 valence electrons. The van der Waals surface area contributed by atoms with Crippen molar-refractivity contribution < 1.29 is 0 Å². The number of halogens is 1. The van der Waals surface area contributed by atoms with Crippen LogP contribution < -0.4 is 0 Å². The van der Waals surface area contributed by atoms with E-state index in [1.165, 1.54) is 0 Å². The summed E-state index contributed by atoms with van der Waals surface area (Å²) in [7, 11) is 0.765. The molecule has 0 heterocycles. The van der Waals surface area contributed by atoms with Crippen molar-refractivity contribution >= 4 is 20.3 Å². The molecule has 0 aliphatic rings. The van der Waals surface area contributed by atoms with E-state index in [9.17, 15) is 0 Å². The zero-order chi connectivity index (χ0) is 8.15. The van der Waals surface area contributed by atoms with Gasteiger partial charge in [-0.15, -0.1) is 11.6 Å². The van der Waals surface area contributed by atoms with Crippen molar-refractivity contribution in [2.45, 2.75) is 39.8 Å². The Morgan fingerprint density at radius 1 is 1.20 bits per heavy atom. The van der Waals surface area contributed by atoms with Crippen molar-refractivity contribution in [1.82, 2.24) is 4.67 Å². The molecule has 0 spiro atoms. The summed E-state index contributed by atoms with van der Waals surface area (Å²) in [6.45, 7) is 8.83. The fourth-order valence-corrected chi connectivity index (χ4v) is 2.31. The summed E-state index contributed by atoms with van der Waals surface area (Å²) in [5.74, 6) is 0. The van der Waals surface area contributed by atoms with E-state index in [4.69, 9.17) is 11.6 Å². The van der Waals surface area contributed by atoms with Crippen LogP contribution >= 0.6 is 20.3 Å². The van der Waals surface area contributed by atoms with Crippen molar-refractivity contribution in [3.05, 3.63) is 0 Å². The van der Waals surface area contributed by atoms with Crippen LogP contribution in [0, 0.1) is 0 Å². The first kappa shape index (κ1) is 10.7. The average molecular weight is 182 g/mol. The molecule has 10 heavy (non-hydrogen) atoms. The summed E-state index contributed by atoms with van der Waals surface area (Å²) in [5.41, 5.74) is 0.760. The van der Waals surface area contributed by atoms with E-state index in [0.717, 1.165) is 14.4 Å². The van der Waals surface area contributed by atoms with E-state index in [1.54, 1.807) is 0 Å². The highest BCUT2D eigenvalue weighted by Gasteiger charge is 2.11. The van der Waals surface area contributed by atoms with Crippen molar-refractivity contribution in [2.75, 3.05) is 5.62 Å². The molecule has 0 rings (SSSR count). The molecule has 1 nitrogen and oxygen atoms in total. The van der Waals surface area contributed by atoms with Gasteiger partial charge in [-0.25, -0.2) is 0 Å². The number of rotatable bonds is 4. The predicted molar refractivity (Wildman–Crippen MR) is 51.1 cm³/mol. The topological polar surface area (TPSA) is 3.24 Å². The summed E-state index contributed by atoms with van der Waals surface area (Å²) < 4.78 is 2.41. The molecule has 0 aliphatic heterocycles. The third-order valence-corrected chi connectivity index (χ3v) is 3.23. The Balaban J connectivity index is 3.73. The summed E-state index contributed by atoms with van der Waals surface area (Å²) in [4.78, 5) is 0. The van der Waals surface area contributed by atoms with Crippen LogP contribution in [-0.2, 0) is 0 Å². The van der Waals surface area contributed by atoms with Gasteiger partial charge in [0.2, 0.25) is 0 Å². The standard InChI is InChI=1S/C7H17ClNP/c1-6(2)9(7(3)4)10-5-8/h6-7,10H,5H2,1-4H3. The normalized spacial score (nSPS) is 13.2. The Morgan fingerprint density at radius 3 is 1.70 bits per heavy atom. The van der Waals surface area contributed by atoms with E-state index < -0.39 is 0 Å². The molecule has 0 aromatic carbocycles. The molecule has 0 bridgehead atoms. The molecule has 0 fully saturated rings. The maximum absolute atomic E-state index is 5.66. The third-order valence-electron chi connectivity index (χ3n) is 1.36. The average Bonchev–Trinajstić information content (AvgIpc) is 1.81. The fraction of sp³-hybridized carbons (Fsp3) is 1.00. The monoisotopic (exact) mass is 181 g/mol. The van der Waals surface area contributed by atoms with Gasteiger partial charge in [0.1, 0.15) is 0 Å². The molecular formula is C7H17ClNP. The molecule has 1 unspecified atom stereocenters. The van der Waals surface area contributed by atoms with Crippen LogP contribution in [0.1, 0.15) is 27.7 Å². The lowest BCUT2D eigenvalue weighted by Gasteiger charge is -2.29. The van der Waals surface area contributed by atoms with Crippen LogP contribution in [0.5, 0.6) is 0 Å². The second kappa shape index (κ2) is 5.35. The Bertz CT molecular complexity index is 77.7. The minimum Gasteiger partial charge on any atom is -0.279 e. The number of hydrogen-bond acceptors (Lipinski definition) is 1. The highest BCUT2D eigenvalue weighted by molar-refractivity contribution is 7.37. The second-order valence-electron chi connectivity index (χ2n) is 2.89. The fourth-order valence-electron chi connectivity index (χ4n) is 1.03. The van der Waals surface area contributed by atoms with Gasteiger partial charge in [0, 0.05) is 12.1 Å². The Morgan fingerprint density at radius 2 is 1.60 bits per heavy atom. The van der Waals surface area contributed by atoms with Crippen LogP contribution in [-0.4, -0.2) is 22.4 Å². The molecule has 0 amide bonds. The van der Waals surface area contributed by atoms with E-state index in [1.807, 2.05) is 0 Å². The Labute approximate surface area is 71.0 Å². The van der Waals surface area contributed by atoms with Crippen molar-refractivity contribution in [2.24, 2.45) is 0 Å². The van der Waals surface area contributed by atoms with Crippen LogP contribution in [0.15, 0.2) is 0 Å². The minimum atomic E-state index is 0.622. The van der Waals surface area contributed by atoms with Crippen LogP contribution in [0.25, 0.3) is 0 Å². The molecule has 0 N–H and O–H groups in total. The first-order chi connectivity index (χ1) is 4.59. The molecule has 0 saturated heterocycles. The molecule has 1 atom stereocenters. The maximum Gasteiger partial charge on any atom is 0.0530 e. The Hall–Kier alpha value is 0.680. The summed E-state index contributed by atoms with van der Waals surface area (Å²) in [5, 5.41) is 0. The Kier molecular flexibility index (Phi) is 5.71. The zero-order valence-corrected chi connectivity index (χ0v) is 8.94. The van der Waals surface area contributed by atoms with Gasteiger partial charge in [0.05, 0.1) is 5.62 Å². The molecular weight excluding hydrogens is 165 g/mol. The lowest BCUT2D eigenvalue weighted by atomic mass is 10.3. The molecule has 0 aliphatic carbocycles. The molecule has 0 saturated carbocycles. The van der Waals surface area contributed by atoms with Crippen LogP contribution in [0.2, 0.25) is 0 Å². The largest absolute Gasteiger partial charge is 0.279 e. The maximum atomic E-state index is 5.66. The van der Waals surface area contributed by atoms with Gasteiger partial charge >= 0.3 is 0 Å². The smallest absolute Gasteiger partial charge is 0.0530 e. The zero-order valence-electron chi connectivity index (χ0n) is 7.19. The van der Waals surface area contributed by atoms with Gasteiger partial charge in [-0.1, -0.05) is 0 Å². The lowest BCUT2D eigenvalue weighted by molar-refractivity contribution is 0.329. The highest BCUT2D eigenvalue weighted by Crippen LogP contribution is 2.24. The van der Waals surface area contributed by atoms with Crippen LogP contribution in [0.3, 0.4) is 0 Å². The van der Waals surface area contributed by atoms with Gasteiger partial charge in [-0.05, 0) is 36.4 Å². The highest BCUT2D eigenvalue weighted by atomic mass is 35.5. The lowest BCUT2D eigenvalue weighted by Crippen LogP contribution is -2.29. The van der Waals surface area contributed by atoms with Gasteiger partial charge in [-0.3, -0.25) is 4.67 Å². The van der Waals surface area contributed by atoms with E-state index >= 15 is 0 Å². The van der Waals surface area contributed by atoms with Crippen molar-refractivity contribution in [3.63, 3.8) is 0 Å². The molecule has 0 aromatic rings. The van der Waals surface area contributed by atoms with Gasteiger partial charge in [0.25, 0.3) is 0 Å².